The second-order valence-electron chi connectivity index (χ2n) is 2.64. The first kappa shape index (κ1) is 14.7. The topological polar surface area (TPSA) is 80.4 Å². The molecule has 4 nitrogen and oxygen atoms in total. The summed E-state index contributed by atoms with van der Waals surface area (Å²) in [5, 5.41) is 3.88. The Labute approximate surface area is 80.9 Å². The smallest absolute Gasteiger partial charge is 0.274 e. The highest BCUT2D eigenvalue weighted by molar-refractivity contribution is 7.83. The molecular weight excluding hydrogens is 198 g/mol. The molecule has 0 saturated heterocycles. The van der Waals surface area contributed by atoms with Crippen molar-refractivity contribution in [3.8, 4) is 0 Å². The average molecular weight is 215 g/mol. The van der Waals surface area contributed by atoms with Gasteiger partial charge in [-0.2, -0.15) is 21.9 Å². The van der Waals surface area contributed by atoms with Crippen molar-refractivity contribution in [2.75, 3.05) is 0 Å². The summed E-state index contributed by atoms with van der Waals surface area (Å²) in [5.41, 5.74) is 0. The van der Waals surface area contributed by atoms with Crippen LogP contribution in [0.15, 0.2) is 0 Å². The fraction of sp³-hybridized carbons (Fsp3) is 1.00. The minimum atomic E-state index is -4.17. The van der Waals surface area contributed by atoms with Gasteiger partial charge in [0.1, 0.15) is 0 Å². The first-order chi connectivity index (χ1) is 5.00. The molecule has 0 aliphatic heterocycles. The second-order valence-corrected chi connectivity index (χ2v) is 3.67. The van der Waals surface area contributed by atoms with E-state index in [2.05, 4.69) is 5.14 Å². The number of nitrogens with two attached hydrogens (primary N) is 1. The van der Waals surface area contributed by atoms with Crippen molar-refractivity contribution >= 4 is 23.8 Å². The molecule has 1 rings (SSSR count). The third-order valence-electron chi connectivity index (χ3n) is 1.50. The van der Waals surface area contributed by atoms with Gasteiger partial charge in [0.05, 0.1) is 0 Å². The van der Waals surface area contributed by atoms with Gasteiger partial charge in [-0.1, -0.05) is 38.5 Å². The lowest BCUT2D eigenvalue weighted by molar-refractivity contribution is 0.485. The van der Waals surface area contributed by atoms with E-state index < -0.39 is 10.3 Å². The van der Waals surface area contributed by atoms with Crippen LogP contribution in [0.25, 0.3) is 0 Å². The lowest BCUT2D eigenvalue weighted by Crippen LogP contribution is -2.08. The molecule has 6 heteroatoms. The van der Waals surface area contributed by atoms with Gasteiger partial charge in [0.2, 0.25) is 0 Å². The Morgan fingerprint density at radius 3 is 1.08 bits per heavy atom. The monoisotopic (exact) mass is 215 g/mol. The predicted octanol–water partition coefficient (Wildman–Crippen LogP) is 1.20. The maximum Gasteiger partial charge on any atom is 0.330 e. The third kappa shape index (κ3) is 22.5. The van der Waals surface area contributed by atoms with Crippen LogP contribution in [0.3, 0.4) is 0 Å². The van der Waals surface area contributed by atoms with Crippen LogP contribution in [-0.4, -0.2) is 13.0 Å². The minimum Gasteiger partial charge on any atom is -0.274 e. The number of hydrogen-bond acceptors (Lipinski definition) is 2. The van der Waals surface area contributed by atoms with Crippen LogP contribution in [0, 0.1) is 0 Å². The van der Waals surface area contributed by atoms with Gasteiger partial charge in [-0.05, 0) is 0 Å². The van der Waals surface area contributed by atoms with E-state index in [0.717, 1.165) is 0 Å². The molecule has 0 radical (unpaired) electrons. The Morgan fingerprint density at radius 2 is 1.00 bits per heavy atom. The molecule has 0 aromatic rings. The van der Waals surface area contributed by atoms with E-state index in [9.17, 15) is 0 Å². The first-order valence-electron chi connectivity index (χ1n) is 3.75. The summed E-state index contributed by atoms with van der Waals surface area (Å²) in [6.45, 7) is 0. The van der Waals surface area contributed by atoms with Crippen LogP contribution in [0.1, 0.15) is 38.5 Å². The van der Waals surface area contributed by atoms with Crippen molar-refractivity contribution in [3.05, 3.63) is 0 Å². The SMILES string of the molecule is C1CCCCC1.NS(=O)(=O)O.S. The van der Waals surface area contributed by atoms with Crippen molar-refractivity contribution in [2.24, 2.45) is 5.14 Å². The Morgan fingerprint density at radius 1 is 0.917 bits per heavy atom. The molecular formula is C6H17NO3S2. The van der Waals surface area contributed by atoms with E-state index in [4.69, 9.17) is 13.0 Å². The normalized spacial score (nSPS) is 16.8. The highest BCUT2D eigenvalue weighted by Crippen LogP contribution is 2.15. The van der Waals surface area contributed by atoms with Crippen molar-refractivity contribution in [3.63, 3.8) is 0 Å². The molecule has 0 unspecified atom stereocenters. The van der Waals surface area contributed by atoms with Crippen LogP contribution in [0.2, 0.25) is 0 Å². The maximum atomic E-state index is 8.97. The Balaban J connectivity index is 0. The molecule has 1 aliphatic carbocycles. The Kier molecular flexibility index (Phi) is 9.63. The summed E-state index contributed by atoms with van der Waals surface area (Å²) >= 11 is 0. The largest absolute Gasteiger partial charge is 0.330 e. The molecule has 3 N–H and O–H groups in total. The van der Waals surface area contributed by atoms with Crippen molar-refractivity contribution in [1.82, 2.24) is 0 Å². The number of rotatable bonds is 0. The van der Waals surface area contributed by atoms with Crippen LogP contribution in [0.5, 0.6) is 0 Å². The molecule has 0 heterocycles. The lowest BCUT2D eigenvalue weighted by Gasteiger charge is -2.05. The average Bonchev–Trinajstić information content (AvgIpc) is 1.88. The molecule has 0 aromatic heterocycles. The lowest BCUT2D eigenvalue weighted by atomic mass is 10.0. The maximum absolute atomic E-state index is 8.97. The molecule has 12 heavy (non-hydrogen) atoms. The fourth-order valence-electron chi connectivity index (χ4n) is 1.06. The zero-order valence-electron chi connectivity index (χ0n) is 6.99. The van der Waals surface area contributed by atoms with Gasteiger partial charge in [0.15, 0.2) is 0 Å². The standard InChI is InChI=1S/C6H12.H3NO3S.H2S/c1-2-4-6-5-3-1;1-5(2,3)4;/h1-6H2;(H3,1,2,3,4);1H2. The summed E-state index contributed by atoms with van der Waals surface area (Å²) in [5.74, 6) is 0. The van der Waals surface area contributed by atoms with Gasteiger partial charge < -0.3 is 0 Å². The molecule has 1 fully saturated rings. The van der Waals surface area contributed by atoms with Crippen molar-refractivity contribution in [2.45, 2.75) is 38.5 Å². The summed E-state index contributed by atoms with van der Waals surface area (Å²) in [4.78, 5) is 0. The van der Waals surface area contributed by atoms with E-state index in [-0.39, 0.29) is 13.5 Å². The molecule has 0 bridgehead atoms. The molecule has 76 valence electrons. The van der Waals surface area contributed by atoms with Gasteiger partial charge in [-0.15, -0.1) is 0 Å². The second kappa shape index (κ2) is 7.85. The Hall–Kier alpha value is 0.220. The van der Waals surface area contributed by atoms with Gasteiger partial charge >= 0.3 is 10.3 Å². The van der Waals surface area contributed by atoms with Crippen LogP contribution >= 0.6 is 13.5 Å². The third-order valence-corrected chi connectivity index (χ3v) is 1.50. The van der Waals surface area contributed by atoms with E-state index in [0.29, 0.717) is 0 Å². The van der Waals surface area contributed by atoms with Crippen molar-refractivity contribution < 1.29 is 13.0 Å². The van der Waals surface area contributed by atoms with Gasteiger partial charge in [-0.25, -0.2) is 5.14 Å². The summed E-state index contributed by atoms with van der Waals surface area (Å²) in [6, 6.07) is 0. The van der Waals surface area contributed by atoms with Crippen LogP contribution < -0.4 is 5.14 Å². The molecule has 0 spiro atoms. The molecule has 0 aromatic carbocycles. The first-order valence-corrected chi connectivity index (χ1v) is 5.25. The molecule has 0 amide bonds. The van der Waals surface area contributed by atoms with Gasteiger partial charge in [0, 0.05) is 0 Å². The van der Waals surface area contributed by atoms with Crippen LogP contribution in [-0.2, 0) is 10.3 Å². The molecule has 1 aliphatic rings. The number of hydrogen-bond donors (Lipinski definition) is 2. The van der Waals surface area contributed by atoms with E-state index in [1.165, 1.54) is 38.5 Å². The molecule has 1 saturated carbocycles. The highest BCUT2D eigenvalue weighted by atomic mass is 32.2. The summed E-state index contributed by atoms with van der Waals surface area (Å²) < 4.78 is 25.2. The fourth-order valence-corrected chi connectivity index (χ4v) is 1.06. The molecule has 0 atom stereocenters. The van der Waals surface area contributed by atoms with Crippen LogP contribution in [0.4, 0.5) is 0 Å². The van der Waals surface area contributed by atoms with E-state index >= 15 is 0 Å². The van der Waals surface area contributed by atoms with Gasteiger partial charge in [-0.3, -0.25) is 4.55 Å². The zero-order chi connectivity index (χ0) is 8.74. The van der Waals surface area contributed by atoms with E-state index in [1.54, 1.807) is 0 Å². The predicted molar refractivity (Wildman–Crippen MR) is 53.8 cm³/mol. The Bertz CT molecular complexity index is 156. The quantitative estimate of drug-likeness (QED) is 0.596. The van der Waals surface area contributed by atoms with Gasteiger partial charge in [0.25, 0.3) is 0 Å². The zero-order valence-corrected chi connectivity index (χ0v) is 8.81. The minimum absolute atomic E-state index is 0. The summed E-state index contributed by atoms with van der Waals surface area (Å²) in [6.07, 6.45) is 9.00. The van der Waals surface area contributed by atoms with Crippen molar-refractivity contribution in [1.29, 1.82) is 0 Å². The summed E-state index contributed by atoms with van der Waals surface area (Å²) in [7, 11) is -4.17. The highest BCUT2D eigenvalue weighted by Gasteiger charge is 1.95. The van der Waals surface area contributed by atoms with E-state index in [1.807, 2.05) is 0 Å².